The van der Waals surface area contributed by atoms with Crippen LogP contribution in [0.1, 0.15) is 24.5 Å². The monoisotopic (exact) mass is 350 g/mol. The summed E-state index contributed by atoms with van der Waals surface area (Å²) >= 11 is 0. The average Bonchev–Trinajstić information content (AvgIpc) is 2.73. The van der Waals surface area contributed by atoms with Gasteiger partial charge < -0.3 is 15.0 Å². The van der Waals surface area contributed by atoms with Crippen LogP contribution in [0.2, 0.25) is 0 Å². The van der Waals surface area contributed by atoms with E-state index in [-0.39, 0.29) is 18.3 Å². The predicted octanol–water partition coefficient (Wildman–Crippen LogP) is 3.79. The van der Waals surface area contributed by atoms with Crippen LogP contribution >= 0.6 is 0 Å². The molecule has 1 amide bonds. The Balaban J connectivity index is 1.94. The Hall–Kier alpha value is -3.08. The highest BCUT2D eigenvalue weighted by Crippen LogP contribution is 2.32. The number of nitrogens with one attached hydrogen (secondary N) is 1. The SMILES string of the molecule is CCOC(=O)CC1=CC(=O)N(Cc2ccccc2C)c2ccccc2N1. The lowest BCUT2D eigenvalue weighted by molar-refractivity contribution is -0.142. The topological polar surface area (TPSA) is 58.6 Å². The molecule has 26 heavy (non-hydrogen) atoms. The Bertz CT molecular complexity index is 858. The summed E-state index contributed by atoms with van der Waals surface area (Å²) in [6, 6.07) is 15.6. The number of hydrogen-bond donors (Lipinski definition) is 1. The van der Waals surface area contributed by atoms with Gasteiger partial charge in [-0.3, -0.25) is 9.59 Å². The maximum atomic E-state index is 12.9. The number of carbonyl (C=O) groups is 2. The first-order valence-corrected chi connectivity index (χ1v) is 8.66. The second-order valence-corrected chi connectivity index (χ2v) is 6.14. The first-order valence-electron chi connectivity index (χ1n) is 8.66. The molecule has 0 bridgehead atoms. The smallest absolute Gasteiger partial charge is 0.311 e. The highest BCUT2D eigenvalue weighted by molar-refractivity contribution is 6.06. The van der Waals surface area contributed by atoms with Crippen molar-refractivity contribution in [1.82, 2.24) is 0 Å². The van der Waals surface area contributed by atoms with E-state index in [0.717, 1.165) is 22.5 Å². The number of para-hydroxylation sites is 2. The largest absolute Gasteiger partial charge is 0.466 e. The lowest BCUT2D eigenvalue weighted by Gasteiger charge is -2.23. The zero-order valence-electron chi connectivity index (χ0n) is 15.0. The van der Waals surface area contributed by atoms with Crippen molar-refractivity contribution < 1.29 is 14.3 Å². The molecule has 0 saturated carbocycles. The van der Waals surface area contributed by atoms with Gasteiger partial charge in [-0.15, -0.1) is 0 Å². The summed E-state index contributed by atoms with van der Waals surface area (Å²) in [4.78, 5) is 26.5. The third-order valence-electron chi connectivity index (χ3n) is 4.28. The van der Waals surface area contributed by atoms with Gasteiger partial charge >= 0.3 is 5.97 Å². The van der Waals surface area contributed by atoms with Crippen molar-refractivity contribution in [3.05, 3.63) is 71.4 Å². The fourth-order valence-corrected chi connectivity index (χ4v) is 2.95. The quantitative estimate of drug-likeness (QED) is 0.834. The molecule has 0 aromatic heterocycles. The second-order valence-electron chi connectivity index (χ2n) is 6.14. The number of nitrogens with zero attached hydrogens (tertiary/aromatic N) is 1. The molecule has 1 aliphatic heterocycles. The number of ether oxygens (including phenoxy) is 1. The molecular formula is C21H22N2O3. The molecule has 0 fully saturated rings. The molecule has 0 spiro atoms. The van der Waals surface area contributed by atoms with Crippen LogP contribution in [0.15, 0.2) is 60.3 Å². The highest BCUT2D eigenvalue weighted by Gasteiger charge is 2.23. The molecule has 5 heteroatoms. The van der Waals surface area contributed by atoms with Gasteiger partial charge in [0.05, 0.1) is 30.9 Å². The van der Waals surface area contributed by atoms with Crippen LogP contribution in [0, 0.1) is 6.92 Å². The van der Waals surface area contributed by atoms with Gasteiger partial charge in [-0.2, -0.15) is 0 Å². The number of esters is 1. The minimum absolute atomic E-state index is 0.0338. The average molecular weight is 350 g/mol. The lowest BCUT2D eigenvalue weighted by atomic mass is 10.1. The van der Waals surface area contributed by atoms with Crippen LogP contribution in [0.5, 0.6) is 0 Å². The minimum atomic E-state index is -0.358. The van der Waals surface area contributed by atoms with Gasteiger partial charge in [-0.25, -0.2) is 0 Å². The van der Waals surface area contributed by atoms with Crippen LogP contribution in [-0.2, 0) is 20.9 Å². The Kier molecular flexibility index (Phi) is 5.37. The van der Waals surface area contributed by atoms with Crippen molar-refractivity contribution >= 4 is 23.3 Å². The Morgan fingerprint density at radius 1 is 1.12 bits per heavy atom. The number of anilines is 2. The van der Waals surface area contributed by atoms with Gasteiger partial charge in [-0.05, 0) is 37.1 Å². The van der Waals surface area contributed by atoms with Crippen LogP contribution < -0.4 is 10.2 Å². The molecule has 5 nitrogen and oxygen atoms in total. The normalized spacial score (nSPS) is 13.4. The Labute approximate surface area is 153 Å². The van der Waals surface area contributed by atoms with Crippen LogP contribution in [0.25, 0.3) is 0 Å². The maximum Gasteiger partial charge on any atom is 0.311 e. The van der Waals surface area contributed by atoms with Crippen molar-refractivity contribution in [2.24, 2.45) is 0 Å². The molecule has 0 aliphatic carbocycles. The van der Waals surface area contributed by atoms with E-state index in [9.17, 15) is 9.59 Å². The zero-order valence-corrected chi connectivity index (χ0v) is 15.0. The minimum Gasteiger partial charge on any atom is -0.466 e. The van der Waals surface area contributed by atoms with E-state index in [1.165, 1.54) is 6.08 Å². The van der Waals surface area contributed by atoms with E-state index in [1.807, 2.05) is 55.5 Å². The maximum absolute atomic E-state index is 12.9. The molecule has 2 aromatic carbocycles. The predicted molar refractivity (Wildman–Crippen MR) is 102 cm³/mol. The number of hydrogen-bond acceptors (Lipinski definition) is 4. The molecule has 1 N–H and O–H groups in total. The van der Waals surface area contributed by atoms with E-state index in [4.69, 9.17) is 4.74 Å². The molecular weight excluding hydrogens is 328 g/mol. The molecule has 2 aromatic rings. The molecule has 3 rings (SSSR count). The first kappa shape index (κ1) is 17.7. The molecule has 1 aliphatic rings. The number of amides is 1. The fourth-order valence-electron chi connectivity index (χ4n) is 2.95. The molecule has 0 atom stereocenters. The number of fused-ring (bicyclic) bond motifs is 1. The van der Waals surface area contributed by atoms with Crippen molar-refractivity contribution in [3.8, 4) is 0 Å². The second kappa shape index (κ2) is 7.87. The van der Waals surface area contributed by atoms with Crippen LogP contribution in [-0.4, -0.2) is 18.5 Å². The van der Waals surface area contributed by atoms with Gasteiger partial charge in [0.15, 0.2) is 0 Å². The summed E-state index contributed by atoms with van der Waals surface area (Å²) in [5.74, 6) is -0.520. The van der Waals surface area contributed by atoms with Crippen LogP contribution in [0.3, 0.4) is 0 Å². The summed E-state index contributed by atoms with van der Waals surface area (Å²) < 4.78 is 5.00. The van der Waals surface area contributed by atoms with Crippen molar-refractivity contribution in [2.45, 2.75) is 26.8 Å². The van der Waals surface area contributed by atoms with Crippen molar-refractivity contribution in [1.29, 1.82) is 0 Å². The van der Waals surface area contributed by atoms with Gasteiger partial charge in [0.2, 0.25) is 0 Å². The molecule has 0 unspecified atom stereocenters. The number of benzene rings is 2. The van der Waals surface area contributed by atoms with Crippen LogP contribution in [0.4, 0.5) is 11.4 Å². The molecule has 0 saturated heterocycles. The summed E-state index contributed by atoms with van der Waals surface area (Å²) in [6.45, 7) is 4.57. The van der Waals surface area contributed by atoms with E-state index in [2.05, 4.69) is 5.32 Å². The number of carbonyl (C=O) groups excluding carboxylic acids is 2. The fraction of sp³-hybridized carbons (Fsp3) is 0.238. The lowest BCUT2D eigenvalue weighted by Crippen LogP contribution is -2.28. The standard InChI is InChI=1S/C21H22N2O3/c1-3-26-21(25)13-17-12-20(24)23(14-16-9-5-4-8-15(16)2)19-11-7-6-10-18(19)22-17/h4-12,22H,3,13-14H2,1-2H3. The highest BCUT2D eigenvalue weighted by atomic mass is 16.5. The first-order chi connectivity index (χ1) is 12.6. The third kappa shape index (κ3) is 3.94. The third-order valence-corrected chi connectivity index (χ3v) is 4.28. The van der Waals surface area contributed by atoms with E-state index in [1.54, 1.807) is 11.8 Å². The number of rotatable bonds is 5. The van der Waals surface area contributed by atoms with Gasteiger partial charge in [0.25, 0.3) is 5.91 Å². The van der Waals surface area contributed by atoms with Crippen molar-refractivity contribution in [3.63, 3.8) is 0 Å². The van der Waals surface area contributed by atoms with Gasteiger partial charge in [-0.1, -0.05) is 36.4 Å². The Morgan fingerprint density at radius 2 is 1.85 bits per heavy atom. The summed E-state index contributed by atoms with van der Waals surface area (Å²) in [5, 5.41) is 3.21. The summed E-state index contributed by atoms with van der Waals surface area (Å²) in [6.07, 6.45) is 1.52. The van der Waals surface area contributed by atoms with E-state index in [0.29, 0.717) is 18.8 Å². The summed E-state index contributed by atoms with van der Waals surface area (Å²) in [7, 11) is 0. The van der Waals surface area contributed by atoms with E-state index >= 15 is 0 Å². The van der Waals surface area contributed by atoms with Gasteiger partial charge in [0, 0.05) is 11.8 Å². The summed E-state index contributed by atoms with van der Waals surface area (Å²) in [5.41, 5.74) is 4.33. The molecule has 1 heterocycles. The zero-order chi connectivity index (χ0) is 18.5. The Morgan fingerprint density at radius 3 is 2.62 bits per heavy atom. The molecule has 134 valence electrons. The number of aryl methyl sites for hydroxylation is 1. The van der Waals surface area contributed by atoms with Crippen molar-refractivity contribution in [2.75, 3.05) is 16.8 Å². The molecule has 0 radical (unpaired) electrons. The van der Waals surface area contributed by atoms with Gasteiger partial charge in [0.1, 0.15) is 0 Å². The van der Waals surface area contributed by atoms with E-state index < -0.39 is 0 Å².